The van der Waals surface area contributed by atoms with Crippen LogP contribution in [0.2, 0.25) is 0 Å². The summed E-state index contributed by atoms with van der Waals surface area (Å²) in [6, 6.07) is 7.13. The number of benzene rings is 1. The van der Waals surface area contributed by atoms with E-state index >= 15 is 0 Å². The third kappa shape index (κ3) is 2.40. The number of hydrogen-bond acceptors (Lipinski definition) is 2. The molecule has 0 aromatic heterocycles. The van der Waals surface area contributed by atoms with Gasteiger partial charge in [0.2, 0.25) is 0 Å². The van der Waals surface area contributed by atoms with Gasteiger partial charge < -0.3 is 5.32 Å². The number of halogens is 1. The summed E-state index contributed by atoms with van der Waals surface area (Å²) in [5.74, 6) is -0.214. The second-order valence-electron chi connectivity index (χ2n) is 4.56. The quantitative estimate of drug-likeness (QED) is 0.850. The molecule has 16 heavy (non-hydrogen) atoms. The fourth-order valence-corrected chi connectivity index (χ4v) is 1.86. The van der Waals surface area contributed by atoms with Gasteiger partial charge in [-0.25, -0.2) is 4.39 Å². The minimum Gasteiger partial charge on any atom is -0.312 e. The average Bonchev–Trinajstić information content (AvgIpc) is 2.24. The van der Waals surface area contributed by atoms with Crippen molar-refractivity contribution in [1.82, 2.24) is 5.32 Å². The molecule has 2 nitrogen and oxygen atoms in total. The van der Waals surface area contributed by atoms with Crippen molar-refractivity contribution >= 4 is 0 Å². The predicted molar refractivity (Wildman–Crippen MR) is 62.3 cm³/mol. The summed E-state index contributed by atoms with van der Waals surface area (Å²) in [5, 5.41) is 12.2. The fraction of sp³-hybridized carbons (Fsp3) is 0.462. The molecule has 3 heteroatoms. The minimum absolute atomic E-state index is 0.100. The second kappa shape index (κ2) is 4.63. The van der Waals surface area contributed by atoms with Gasteiger partial charge in [-0.1, -0.05) is 12.1 Å². The van der Waals surface area contributed by atoms with E-state index in [0.717, 1.165) is 5.56 Å². The molecule has 1 aromatic carbocycles. The van der Waals surface area contributed by atoms with E-state index in [1.54, 1.807) is 19.1 Å². The van der Waals surface area contributed by atoms with Crippen LogP contribution in [-0.2, 0) is 0 Å². The first-order valence-corrected chi connectivity index (χ1v) is 5.27. The highest BCUT2D eigenvalue weighted by Crippen LogP contribution is 2.32. The topological polar surface area (TPSA) is 35.8 Å². The molecule has 0 amide bonds. The Bertz CT molecular complexity index is 418. The van der Waals surface area contributed by atoms with Crippen molar-refractivity contribution in [3.63, 3.8) is 0 Å². The van der Waals surface area contributed by atoms with E-state index in [0.29, 0.717) is 5.56 Å². The van der Waals surface area contributed by atoms with Crippen LogP contribution in [0.3, 0.4) is 0 Å². The molecule has 0 aliphatic carbocycles. The lowest BCUT2D eigenvalue weighted by Crippen LogP contribution is -2.30. The molecule has 1 atom stereocenters. The van der Waals surface area contributed by atoms with Crippen LogP contribution in [0.1, 0.15) is 31.0 Å². The molecule has 1 N–H and O–H groups in total. The maximum Gasteiger partial charge on any atom is 0.126 e. The predicted octanol–water partition coefficient (Wildman–Crippen LogP) is 2.94. The van der Waals surface area contributed by atoms with Gasteiger partial charge in [-0.05, 0) is 45.0 Å². The van der Waals surface area contributed by atoms with E-state index in [-0.39, 0.29) is 11.9 Å². The third-order valence-corrected chi connectivity index (χ3v) is 2.81. The van der Waals surface area contributed by atoms with E-state index in [1.165, 1.54) is 6.07 Å². The number of nitrogens with one attached hydrogen (secondary N) is 1. The summed E-state index contributed by atoms with van der Waals surface area (Å²) in [4.78, 5) is 0. The number of hydrogen-bond donors (Lipinski definition) is 1. The monoisotopic (exact) mass is 220 g/mol. The summed E-state index contributed by atoms with van der Waals surface area (Å²) < 4.78 is 13.2. The summed E-state index contributed by atoms with van der Waals surface area (Å²) >= 11 is 0. The first kappa shape index (κ1) is 12.7. The molecule has 0 fully saturated rings. The highest BCUT2D eigenvalue weighted by atomic mass is 19.1. The van der Waals surface area contributed by atoms with Crippen LogP contribution in [-0.4, -0.2) is 7.05 Å². The van der Waals surface area contributed by atoms with Crippen molar-refractivity contribution in [3.8, 4) is 6.07 Å². The lowest BCUT2D eigenvalue weighted by atomic mass is 9.81. The van der Waals surface area contributed by atoms with E-state index in [1.807, 2.05) is 20.9 Å². The van der Waals surface area contributed by atoms with Gasteiger partial charge in [0.1, 0.15) is 5.82 Å². The van der Waals surface area contributed by atoms with Crippen LogP contribution in [0.25, 0.3) is 0 Å². The second-order valence-corrected chi connectivity index (χ2v) is 4.56. The molecular weight excluding hydrogens is 203 g/mol. The van der Waals surface area contributed by atoms with E-state index < -0.39 is 5.41 Å². The molecule has 1 aromatic rings. The molecule has 86 valence electrons. The highest BCUT2D eigenvalue weighted by molar-refractivity contribution is 5.29. The number of nitriles is 1. The lowest BCUT2D eigenvalue weighted by molar-refractivity contribution is 0.343. The summed E-state index contributed by atoms with van der Waals surface area (Å²) in [6.45, 7) is 5.46. The van der Waals surface area contributed by atoms with Crippen molar-refractivity contribution in [3.05, 3.63) is 35.1 Å². The molecule has 0 saturated carbocycles. The smallest absolute Gasteiger partial charge is 0.126 e. The van der Waals surface area contributed by atoms with Gasteiger partial charge in [-0.2, -0.15) is 5.26 Å². The number of aryl methyl sites for hydroxylation is 1. The standard InChI is InChI=1S/C13H17FN2/c1-9-7-10(5-6-11(9)14)12(16-4)13(2,3)8-15/h5-7,12,16H,1-4H3. The lowest BCUT2D eigenvalue weighted by Gasteiger charge is -2.28. The zero-order chi connectivity index (χ0) is 12.3. The normalized spacial score (nSPS) is 13.2. The molecule has 1 rings (SSSR count). The van der Waals surface area contributed by atoms with Crippen LogP contribution in [0.5, 0.6) is 0 Å². The van der Waals surface area contributed by atoms with Gasteiger partial charge in [0.25, 0.3) is 0 Å². The molecule has 1 unspecified atom stereocenters. The van der Waals surface area contributed by atoms with Crippen LogP contribution in [0, 0.1) is 29.5 Å². The van der Waals surface area contributed by atoms with Crippen molar-refractivity contribution in [1.29, 1.82) is 5.26 Å². The number of rotatable bonds is 3. The molecule has 0 saturated heterocycles. The fourth-order valence-electron chi connectivity index (χ4n) is 1.86. The zero-order valence-corrected chi connectivity index (χ0v) is 10.1. The van der Waals surface area contributed by atoms with Crippen LogP contribution in [0.15, 0.2) is 18.2 Å². The van der Waals surface area contributed by atoms with Crippen molar-refractivity contribution < 1.29 is 4.39 Å². The summed E-state index contributed by atoms with van der Waals surface area (Å²) in [6.07, 6.45) is 0. The summed E-state index contributed by atoms with van der Waals surface area (Å²) in [7, 11) is 1.81. The van der Waals surface area contributed by atoms with Crippen LogP contribution in [0.4, 0.5) is 4.39 Å². The van der Waals surface area contributed by atoms with Gasteiger partial charge in [-0.3, -0.25) is 0 Å². The van der Waals surface area contributed by atoms with Crippen molar-refractivity contribution in [2.75, 3.05) is 7.05 Å². The van der Waals surface area contributed by atoms with Gasteiger partial charge in [0, 0.05) is 0 Å². The Kier molecular flexibility index (Phi) is 3.66. The van der Waals surface area contributed by atoms with E-state index in [9.17, 15) is 4.39 Å². The van der Waals surface area contributed by atoms with Crippen LogP contribution < -0.4 is 5.32 Å². The third-order valence-electron chi connectivity index (χ3n) is 2.81. The Morgan fingerprint density at radius 2 is 2.06 bits per heavy atom. The molecular formula is C13H17FN2. The molecule has 0 radical (unpaired) electrons. The number of nitrogens with zero attached hydrogens (tertiary/aromatic N) is 1. The Hall–Kier alpha value is -1.40. The largest absolute Gasteiger partial charge is 0.312 e. The van der Waals surface area contributed by atoms with Crippen molar-refractivity contribution in [2.24, 2.45) is 5.41 Å². The molecule has 0 aliphatic rings. The maximum absolute atomic E-state index is 13.2. The van der Waals surface area contributed by atoms with Gasteiger partial charge >= 0.3 is 0 Å². The zero-order valence-electron chi connectivity index (χ0n) is 10.1. The van der Waals surface area contributed by atoms with Crippen LogP contribution >= 0.6 is 0 Å². The van der Waals surface area contributed by atoms with E-state index in [2.05, 4.69) is 11.4 Å². The molecule has 0 spiro atoms. The first-order valence-electron chi connectivity index (χ1n) is 5.27. The van der Waals surface area contributed by atoms with Crippen molar-refractivity contribution in [2.45, 2.75) is 26.8 Å². The van der Waals surface area contributed by atoms with Gasteiger partial charge in [-0.15, -0.1) is 0 Å². The Morgan fingerprint density at radius 3 is 2.50 bits per heavy atom. The molecule has 0 aliphatic heterocycles. The van der Waals surface area contributed by atoms with Gasteiger partial charge in [0.15, 0.2) is 0 Å². The molecule has 0 bridgehead atoms. The summed E-state index contributed by atoms with van der Waals surface area (Å²) in [5.41, 5.74) is 1.01. The molecule has 0 heterocycles. The maximum atomic E-state index is 13.2. The average molecular weight is 220 g/mol. The highest BCUT2D eigenvalue weighted by Gasteiger charge is 2.29. The first-order chi connectivity index (χ1) is 7.42. The minimum atomic E-state index is -0.529. The Morgan fingerprint density at radius 1 is 1.44 bits per heavy atom. The van der Waals surface area contributed by atoms with E-state index in [4.69, 9.17) is 5.26 Å². The Balaban J connectivity index is 3.15. The van der Waals surface area contributed by atoms with Gasteiger partial charge in [0.05, 0.1) is 17.5 Å². The SMILES string of the molecule is CNC(c1ccc(F)c(C)c1)C(C)(C)C#N. The Labute approximate surface area is 96.1 Å².